The van der Waals surface area contributed by atoms with Crippen molar-refractivity contribution < 1.29 is 19.0 Å². The average molecular weight is 304 g/mol. The maximum Gasteiger partial charge on any atom is 0.164 e. The van der Waals surface area contributed by atoms with Crippen LogP contribution in [0.15, 0.2) is 24.0 Å². The predicted molar refractivity (Wildman–Crippen MR) is 85.5 cm³/mol. The van der Waals surface area contributed by atoms with Crippen LogP contribution in [0.2, 0.25) is 0 Å². The maximum absolute atomic E-state index is 12.0. The van der Waals surface area contributed by atoms with Gasteiger partial charge in [0.1, 0.15) is 0 Å². The zero-order valence-corrected chi connectivity index (χ0v) is 13.9. The average Bonchev–Trinajstić information content (AvgIpc) is 2.86. The molecule has 0 spiro atoms. The van der Waals surface area contributed by atoms with Gasteiger partial charge in [-0.05, 0) is 17.9 Å². The van der Waals surface area contributed by atoms with Gasteiger partial charge in [0.2, 0.25) is 0 Å². The molecule has 1 aromatic carbocycles. The van der Waals surface area contributed by atoms with Gasteiger partial charge in [0.05, 0.1) is 27.1 Å². The molecule has 1 aliphatic rings. The smallest absolute Gasteiger partial charge is 0.164 e. The van der Waals surface area contributed by atoms with Crippen molar-refractivity contribution in [1.29, 1.82) is 0 Å². The topological polar surface area (TPSA) is 44.8 Å². The monoisotopic (exact) mass is 304 g/mol. The number of hydrogen-bond acceptors (Lipinski definition) is 4. The Bertz CT molecular complexity index is 587. The van der Waals surface area contributed by atoms with E-state index in [1.54, 1.807) is 27.4 Å². The number of ketones is 1. The number of carbonyl (C=O) groups excluding carboxylic acids is 1. The molecule has 4 heteroatoms. The molecule has 1 aliphatic carbocycles. The van der Waals surface area contributed by atoms with Gasteiger partial charge in [-0.15, -0.1) is 0 Å². The van der Waals surface area contributed by atoms with Crippen LogP contribution in [0, 0.1) is 5.92 Å². The summed E-state index contributed by atoms with van der Waals surface area (Å²) in [6, 6.07) is 4.10. The van der Waals surface area contributed by atoms with Crippen LogP contribution in [-0.2, 0) is 16.0 Å². The molecule has 0 N–H and O–H groups in total. The molecule has 0 heterocycles. The Balaban J connectivity index is 2.31. The van der Waals surface area contributed by atoms with Crippen LogP contribution >= 0.6 is 0 Å². The first-order valence-corrected chi connectivity index (χ1v) is 7.53. The third kappa shape index (κ3) is 3.11. The number of hydrogen-bond donors (Lipinski definition) is 0. The minimum absolute atomic E-state index is 0.0848. The second-order valence-corrected chi connectivity index (χ2v) is 5.86. The first kappa shape index (κ1) is 16.4. The minimum atomic E-state index is -0.0848. The summed E-state index contributed by atoms with van der Waals surface area (Å²) in [5.74, 6) is 2.62. The van der Waals surface area contributed by atoms with Gasteiger partial charge in [0.15, 0.2) is 17.3 Å². The summed E-state index contributed by atoms with van der Waals surface area (Å²) in [5.41, 5.74) is 2.10. The van der Waals surface area contributed by atoms with Crippen molar-refractivity contribution in [3.05, 3.63) is 35.1 Å². The summed E-state index contributed by atoms with van der Waals surface area (Å²) >= 11 is 0. The first-order valence-electron chi connectivity index (χ1n) is 7.53. The van der Waals surface area contributed by atoms with Crippen molar-refractivity contribution in [2.45, 2.75) is 32.6 Å². The highest BCUT2D eigenvalue weighted by Gasteiger charge is 2.28. The van der Waals surface area contributed by atoms with Gasteiger partial charge >= 0.3 is 0 Å². The standard InChI is InChI=1S/C18H24O4/c1-11(2)15-7-6-12(17(21-4)18(15)22-5)8-13-9-14(20-3)10-16(13)19/h6-7,10-11,13H,8-9H2,1-5H3/t13-/m1/s1. The third-order valence-corrected chi connectivity index (χ3v) is 4.14. The Labute approximate surface area is 132 Å². The lowest BCUT2D eigenvalue weighted by Crippen LogP contribution is -2.12. The summed E-state index contributed by atoms with van der Waals surface area (Å²) in [6.45, 7) is 4.23. The third-order valence-electron chi connectivity index (χ3n) is 4.14. The highest BCUT2D eigenvalue weighted by molar-refractivity contribution is 5.95. The lowest BCUT2D eigenvalue weighted by atomic mass is 9.92. The molecule has 120 valence electrons. The molecule has 0 fully saturated rings. The van der Waals surface area contributed by atoms with Gasteiger partial charge in [-0.1, -0.05) is 26.0 Å². The van der Waals surface area contributed by atoms with Crippen molar-refractivity contribution >= 4 is 5.78 Å². The molecule has 0 amide bonds. The molecule has 0 aliphatic heterocycles. The van der Waals surface area contributed by atoms with E-state index in [9.17, 15) is 4.79 Å². The largest absolute Gasteiger partial charge is 0.501 e. The predicted octanol–water partition coefficient (Wildman–Crippen LogP) is 3.49. The SMILES string of the molecule is COC1=CC(=O)[C@H](Cc2ccc(C(C)C)c(OC)c2OC)C1. The van der Waals surface area contributed by atoms with Crippen molar-refractivity contribution in [2.75, 3.05) is 21.3 Å². The Morgan fingerprint density at radius 3 is 2.27 bits per heavy atom. The van der Waals surface area contributed by atoms with E-state index in [1.165, 1.54) is 0 Å². The second-order valence-electron chi connectivity index (χ2n) is 5.86. The number of ether oxygens (including phenoxy) is 3. The molecule has 22 heavy (non-hydrogen) atoms. The number of carbonyl (C=O) groups is 1. The maximum atomic E-state index is 12.0. The number of allylic oxidation sites excluding steroid dienone is 2. The Hall–Kier alpha value is -1.97. The normalized spacial score (nSPS) is 17.6. The molecule has 2 rings (SSSR count). The van der Waals surface area contributed by atoms with E-state index in [-0.39, 0.29) is 11.7 Å². The molecule has 0 bridgehead atoms. The lowest BCUT2D eigenvalue weighted by molar-refractivity contribution is -0.117. The number of methoxy groups -OCH3 is 3. The zero-order valence-electron chi connectivity index (χ0n) is 13.9. The molecule has 4 nitrogen and oxygen atoms in total. The van der Waals surface area contributed by atoms with Crippen LogP contribution in [0.3, 0.4) is 0 Å². The Morgan fingerprint density at radius 1 is 1.09 bits per heavy atom. The summed E-state index contributed by atoms with van der Waals surface area (Å²) in [4.78, 5) is 12.0. The Kier molecular flexibility index (Phi) is 5.11. The first-order chi connectivity index (χ1) is 10.5. The minimum Gasteiger partial charge on any atom is -0.501 e. The van der Waals surface area contributed by atoms with Gasteiger partial charge in [0.25, 0.3) is 0 Å². The number of rotatable bonds is 6. The molecular formula is C18H24O4. The van der Waals surface area contributed by atoms with E-state index in [1.807, 2.05) is 6.07 Å². The van der Waals surface area contributed by atoms with Crippen LogP contribution < -0.4 is 9.47 Å². The molecule has 1 atom stereocenters. The number of benzene rings is 1. The van der Waals surface area contributed by atoms with Crippen LogP contribution in [-0.4, -0.2) is 27.1 Å². The Morgan fingerprint density at radius 2 is 1.77 bits per heavy atom. The lowest BCUT2D eigenvalue weighted by Gasteiger charge is -2.19. The molecular weight excluding hydrogens is 280 g/mol. The van der Waals surface area contributed by atoms with Crippen LogP contribution in [0.4, 0.5) is 0 Å². The summed E-state index contributed by atoms with van der Waals surface area (Å²) in [6.07, 6.45) is 2.86. The summed E-state index contributed by atoms with van der Waals surface area (Å²) in [7, 11) is 4.89. The van der Waals surface area contributed by atoms with Crippen molar-refractivity contribution in [3.8, 4) is 11.5 Å². The van der Waals surface area contributed by atoms with E-state index < -0.39 is 0 Å². The van der Waals surface area contributed by atoms with Crippen LogP contribution in [0.5, 0.6) is 11.5 Å². The zero-order chi connectivity index (χ0) is 16.3. The van der Waals surface area contributed by atoms with Crippen molar-refractivity contribution in [3.63, 3.8) is 0 Å². The molecule has 0 aromatic heterocycles. The second kappa shape index (κ2) is 6.86. The summed E-state index contributed by atoms with van der Waals surface area (Å²) < 4.78 is 16.3. The van der Waals surface area contributed by atoms with E-state index in [0.717, 1.165) is 28.4 Å². The van der Waals surface area contributed by atoms with Crippen LogP contribution in [0.1, 0.15) is 37.3 Å². The van der Waals surface area contributed by atoms with E-state index in [4.69, 9.17) is 14.2 Å². The quantitative estimate of drug-likeness (QED) is 0.807. The molecule has 0 unspecified atom stereocenters. The van der Waals surface area contributed by atoms with Gasteiger partial charge in [0, 0.05) is 24.0 Å². The van der Waals surface area contributed by atoms with Crippen LogP contribution in [0.25, 0.3) is 0 Å². The van der Waals surface area contributed by atoms with E-state index in [2.05, 4.69) is 19.9 Å². The molecule has 0 radical (unpaired) electrons. The molecule has 0 saturated carbocycles. The van der Waals surface area contributed by atoms with Gasteiger partial charge in [-0.25, -0.2) is 0 Å². The van der Waals surface area contributed by atoms with Gasteiger partial charge < -0.3 is 14.2 Å². The van der Waals surface area contributed by atoms with Crippen molar-refractivity contribution in [1.82, 2.24) is 0 Å². The van der Waals surface area contributed by atoms with Gasteiger partial charge in [-0.3, -0.25) is 4.79 Å². The fraction of sp³-hybridized carbons (Fsp3) is 0.500. The molecule has 1 aromatic rings. The van der Waals surface area contributed by atoms with Gasteiger partial charge in [-0.2, -0.15) is 0 Å². The fourth-order valence-electron chi connectivity index (χ4n) is 2.93. The summed E-state index contributed by atoms with van der Waals surface area (Å²) in [5, 5.41) is 0. The molecule has 0 saturated heterocycles. The highest BCUT2D eigenvalue weighted by atomic mass is 16.5. The highest BCUT2D eigenvalue weighted by Crippen LogP contribution is 2.40. The fourth-order valence-corrected chi connectivity index (χ4v) is 2.93. The van der Waals surface area contributed by atoms with Crippen molar-refractivity contribution in [2.24, 2.45) is 5.92 Å². The van der Waals surface area contributed by atoms with E-state index in [0.29, 0.717) is 18.8 Å². The van der Waals surface area contributed by atoms with E-state index >= 15 is 0 Å².